The fraction of sp³-hybridized carbons (Fsp3) is 0.500. The summed E-state index contributed by atoms with van der Waals surface area (Å²) < 4.78 is 10.9. The van der Waals surface area contributed by atoms with Crippen molar-refractivity contribution in [2.45, 2.75) is 19.4 Å². The van der Waals surface area contributed by atoms with Crippen LogP contribution in [0.4, 0.5) is 0 Å². The number of nitrogens with one attached hydrogen (secondary N) is 1. The smallest absolute Gasteiger partial charge is 0.226 e. The summed E-state index contributed by atoms with van der Waals surface area (Å²) in [5.74, 6) is 0.449. The number of carbonyl (C=O) groups is 2. The largest absolute Gasteiger partial charge is 0.444 e. The van der Waals surface area contributed by atoms with Crippen LogP contribution < -0.4 is 5.32 Å². The van der Waals surface area contributed by atoms with E-state index in [1.807, 2.05) is 35.2 Å². The average molecular weight is 412 g/mol. The van der Waals surface area contributed by atoms with E-state index in [0.717, 1.165) is 38.4 Å². The number of piperidine rings is 1. The maximum Gasteiger partial charge on any atom is 0.226 e. The molecule has 160 valence electrons. The van der Waals surface area contributed by atoms with Crippen molar-refractivity contribution in [2.75, 3.05) is 45.9 Å². The van der Waals surface area contributed by atoms with Crippen LogP contribution in [0.25, 0.3) is 11.5 Å². The number of carbonyl (C=O) groups excluding carboxylic acids is 2. The van der Waals surface area contributed by atoms with Gasteiger partial charge in [-0.25, -0.2) is 4.98 Å². The van der Waals surface area contributed by atoms with E-state index in [-0.39, 0.29) is 17.7 Å². The molecule has 2 aliphatic rings. The minimum atomic E-state index is -0.187. The average Bonchev–Trinajstić information content (AvgIpc) is 3.27. The highest BCUT2D eigenvalue weighted by molar-refractivity contribution is 5.83. The number of ether oxygens (including phenoxy) is 1. The molecule has 2 amide bonds. The van der Waals surface area contributed by atoms with Gasteiger partial charge in [-0.05, 0) is 18.6 Å². The molecule has 0 unspecified atom stereocenters. The van der Waals surface area contributed by atoms with Gasteiger partial charge in [-0.1, -0.05) is 18.2 Å². The molecule has 0 bridgehead atoms. The molecule has 2 saturated heterocycles. The predicted molar refractivity (Wildman–Crippen MR) is 110 cm³/mol. The Labute approximate surface area is 176 Å². The van der Waals surface area contributed by atoms with Gasteiger partial charge in [0.05, 0.1) is 31.4 Å². The summed E-state index contributed by atoms with van der Waals surface area (Å²) >= 11 is 0. The fourth-order valence-electron chi connectivity index (χ4n) is 3.86. The Kier molecular flexibility index (Phi) is 6.76. The molecule has 8 nitrogen and oxygen atoms in total. The van der Waals surface area contributed by atoms with Gasteiger partial charge < -0.3 is 19.4 Å². The van der Waals surface area contributed by atoms with Crippen molar-refractivity contribution in [3.63, 3.8) is 0 Å². The first-order valence-electron chi connectivity index (χ1n) is 10.5. The van der Waals surface area contributed by atoms with Gasteiger partial charge >= 0.3 is 0 Å². The first kappa shape index (κ1) is 20.6. The first-order valence-corrected chi connectivity index (χ1v) is 10.5. The molecule has 8 heteroatoms. The molecule has 1 atom stereocenters. The van der Waals surface area contributed by atoms with Gasteiger partial charge in [-0.15, -0.1) is 0 Å². The second-order valence-electron chi connectivity index (χ2n) is 7.76. The van der Waals surface area contributed by atoms with Gasteiger partial charge in [0.25, 0.3) is 0 Å². The number of aromatic nitrogens is 1. The Morgan fingerprint density at radius 1 is 1.17 bits per heavy atom. The second-order valence-corrected chi connectivity index (χ2v) is 7.76. The van der Waals surface area contributed by atoms with E-state index in [2.05, 4.69) is 15.2 Å². The molecule has 0 aliphatic carbocycles. The van der Waals surface area contributed by atoms with Crippen molar-refractivity contribution in [3.05, 3.63) is 42.3 Å². The van der Waals surface area contributed by atoms with Crippen molar-refractivity contribution in [2.24, 2.45) is 5.92 Å². The van der Waals surface area contributed by atoms with Crippen LogP contribution in [0.15, 0.2) is 41.0 Å². The Hall–Kier alpha value is -2.71. The zero-order valence-corrected chi connectivity index (χ0v) is 17.1. The third kappa shape index (κ3) is 5.25. The van der Waals surface area contributed by atoms with Crippen LogP contribution in [-0.2, 0) is 20.9 Å². The van der Waals surface area contributed by atoms with Crippen molar-refractivity contribution in [1.29, 1.82) is 0 Å². The van der Waals surface area contributed by atoms with Gasteiger partial charge in [0.2, 0.25) is 17.7 Å². The Morgan fingerprint density at radius 3 is 2.77 bits per heavy atom. The minimum Gasteiger partial charge on any atom is -0.444 e. The molecule has 2 fully saturated rings. The number of morpholine rings is 1. The lowest BCUT2D eigenvalue weighted by molar-refractivity contribution is -0.138. The number of oxazole rings is 1. The van der Waals surface area contributed by atoms with E-state index in [9.17, 15) is 9.59 Å². The number of likely N-dealkylation sites (tertiary alicyclic amines) is 1. The highest BCUT2D eigenvalue weighted by atomic mass is 16.5. The van der Waals surface area contributed by atoms with Crippen molar-refractivity contribution < 1.29 is 18.7 Å². The minimum absolute atomic E-state index is 0.0388. The summed E-state index contributed by atoms with van der Waals surface area (Å²) in [6.07, 6.45) is 2.58. The summed E-state index contributed by atoms with van der Waals surface area (Å²) in [5, 5.41) is 2.95. The molecule has 3 heterocycles. The summed E-state index contributed by atoms with van der Waals surface area (Å²) in [6, 6.07) is 9.65. The van der Waals surface area contributed by atoms with Crippen molar-refractivity contribution in [1.82, 2.24) is 20.1 Å². The van der Waals surface area contributed by atoms with E-state index in [0.29, 0.717) is 44.1 Å². The highest BCUT2D eigenvalue weighted by Gasteiger charge is 2.30. The van der Waals surface area contributed by atoms with E-state index in [1.165, 1.54) is 0 Å². The molecule has 0 radical (unpaired) electrons. The van der Waals surface area contributed by atoms with Crippen molar-refractivity contribution in [3.8, 4) is 11.5 Å². The number of hydrogen-bond donors (Lipinski definition) is 1. The van der Waals surface area contributed by atoms with Crippen LogP contribution in [0.3, 0.4) is 0 Å². The zero-order chi connectivity index (χ0) is 20.8. The summed E-state index contributed by atoms with van der Waals surface area (Å²) in [6.45, 7) is 5.55. The lowest BCUT2D eigenvalue weighted by Crippen LogP contribution is -2.49. The van der Waals surface area contributed by atoms with Crippen LogP contribution >= 0.6 is 0 Å². The molecule has 1 aromatic carbocycles. The maximum absolute atomic E-state index is 12.7. The Morgan fingerprint density at radius 2 is 1.97 bits per heavy atom. The standard InChI is InChI=1S/C22H28N4O4/c27-20-7-6-18(15-26(20)9-8-25-10-12-29-13-11-25)21(28)23-14-19-16-30-22(24-19)17-4-2-1-3-5-17/h1-5,16,18H,6-15H2,(H,23,28)/t18-/m0/s1. The number of benzene rings is 1. The number of hydrogen-bond acceptors (Lipinski definition) is 6. The predicted octanol–water partition coefficient (Wildman–Crippen LogP) is 1.53. The third-order valence-electron chi connectivity index (χ3n) is 5.68. The van der Waals surface area contributed by atoms with Gasteiger partial charge in [0.15, 0.2) is 0 Å². The number of nitrogens with zero attached hydrogens (tertiary/aromatic N) is 3. The lowest BCUT2D eigenvalue weighted by Gasteiger charge is -2.34. The van der Waals surface area contributed by atoms with Crippen LogP contribution in [-0.4, -0.2) is 72.5 Å². The molecule has 2 aromatic rings. The Bertz CT molecular complexity index is 848. The maximum atomic E-state index is 12.7. The molecule has 1 N–H and O–H groups in total. The normalized spacial score (nSPS) is 20.3. The summed E-state index contributed by atoms with van der Waals surface area (Å²) in [7, 11) is 0. The molecule has 1 aromatic heterocycles. The SMILES string of the molecule is O=C(NCc1coc(-c2ccccc2)n1)[C@H]1CCC(=O)N(CCN2CCOCC2)C1. The lowest BCUT2D eigenvalue weighted by atomic mass is 9.96. The molecular weight excluding hydrogens is 384 g/mol. The quantitative estimate of drug-likeness (QED) is 0.742. The van der Waals surface area contributed by atoms with E-state index >= 15 is 0 Å². The van der Waals surface area contributed by atoms with Crippen LogP contribution in [0, 0.1) is 5.92 Å². The first-order chi connectivity index (χ1) is 14.7. The molecule has 0 spiro atoms. The van der Waals surface area contributed by atoms with E-state index < -0.39 is 0 Å². The van der Waals surface area contributed by atoms with Gasteiger partial charge in [0, 0.05) is 44.7 Å². The molecule has 4 rings (SSSR count). The summed E-state index contributed by atoms with van der Waals surface area (Å²) in [5.41, 5.74) is 1.58. The summed E-state index contributed by atoms with van der Waals surface area (Å²) in [4.78, 5) is 33.5. The molecular formula is C22H28N4O4. The third-order valence-corrected chi connectivity index (χ3v) is 5.68. The number of rotatable bonds is 7. The van der Waals surface area contributed by atoms with E-state index in [1.54, 1.807) is 6.26 Å². The fourth-order valence-corrected chi connectivity index (χ4v) is 3.86. The zero-order valence-electron chi connectivity index (χ0n) is 17.1. The topological polar surface area (TPSA) is 87.9 Å². The highest BCUT2D eigenvalue weighted by Crippen LogP contribution is 2.20. The molecule has 30 heavy (non-hydrogen) atoms. The van der Waals surface area contributed by atoms with E-state index in [4.69, 9.17) is 9.15 Å². The van der Waals surface area contributed by atoms with Crippen LogP contribution in [0.2, 0.25) is 0 Å². The van der Waals surface area contributed by atoms with Crippen LogP contribution in [0.1, 0.15) is 18.5 Å². The van der Waals surface area contributed by atoms with Crippen molar-refractivity contribution >= 4 is 11.8 Å². The monoisotopic (exact) mass is 412 g/mol. The van der Waals surface area contributed by atoms with Gasteiger partial charge in [0.1, 0.15) is 6.26 Å². The molecule has 0 saturated carbocycles. The molecule has 2 aliphatic heterocycles. The number of amides is 2. The van der Waals surface area contributed by atoms with Gasteiger partial charge in [-0.3, -0.25) is 14.5 Å². The Balaban J connectivity index is 1.26. The second kappa shape index (κ2) is 9.86. The van der Waals surface area contributed by atoms with Crippen LogP contribution in [0.5, 0.6) is 0 Å². The van der Waals surface area contributed by atoms with Gasteiger partial charge in [-0.2, -0.15) is 0 Å².